The molecule has 0 aromatic heterocycles. The van der Waals surface area contributed by atoms with Crippen LogP contribution in [0.4, 0.5) is 0 Å². The van der Waals surface area contributed by atoms with Crippen molar-refractivity contribution in [2.45, 2.75) is 46.1 Å². The monoisotopic (exact) mass is 267 g/mol. The smallest absolute Gasteiger partial charge is 0.308 e. The van der Waals surface area contributed by atoms with Crippen molar-refractivity contribution >= 4 is 17.7 Å². The Morgan fingerprint density at radius 3 is 2.11 bits per heavy atom. The van der Waals surface area contributed by atoms with Crippen molar-refractivity contribution in [2.24, 2.45) is 0 Å². The fourth-order valence-corrected chi connectivity index (χ4v) is 1.32. The number of hydrogen-bond acceptors (Lipinski definition) is 4. The molecule has 0 N–H and O–H groups in total. The average Bonchev–Trinajstić information content (AvgIpc) is 2.25. The molecule has 106 valence electrons. The lowest BCUT2D eigenvalue weighted by molar-refractivity contribution is -0.155. The summed E-state index contributed by atoms with van der Waals surface area (Å²) in [7, 11) is 0. The zero-order chi connectivity index (χ0) is 15.1. The van der Waals surface area contributed by atoms with Crippen molar-refractivity contribution in [3.63, 3.8) is 0 Å². The van der Waals surface area contributed by atoms with Crippen LogP contribution in [0.15, 0.2) is 0 Å². The van der Waals surface area contributed by atoms with E-state index in [4.69, 9.17) is 11.2 Å². The summed E-state index contributed by atoms with van der Waals surface area (Å²) in [6.45, 7) is 7.12. The lowest BCUT2D eigenvalue weighted by Crippen LogP contribution is -2.35. The van der Waals surface area contributed by atoms with Crippen molar-refractivity contribution in [2.75, 3.05) is 13.1 Å². The van der Waals surface area contributed by atoms with Crippen molar-refractivity contribution in [3.8, 4) is 12.3 Å². The van der Waals surface area contributed by atoms with Gasteiger partial charge in [-0.15, -0.1) is 6.42 Å². The largest absolute Gasteiger partial charge is 0.460 e. The second-order valence-corrected chi connectivity index (χ2v) is 5.22. The van der Waals surface area contributed by atoms with Crippen LogP contribution in [0.25, 0.3) is 0 Å². The van der Waals surface area contributed by atoms with Gasteiger partial charge >= 0.3 is 5.97 Å². The van der Waals surface area contributed by atoms with Crippen LogP contribution < -0.4 is 0 Å². The molecule has 0 fully saturated rings. The Labute approximate surface area is 114 Å². The van der Waals surface area contributed by atoms with Gasteiger partial charge in [0.1, 0.15) is 11.4 Å². The normalized spacial score (nSPS) is 10.5. The third-order valence-electron chi connectivity index (χ3n) is 2.15. The molecule has 1 amide bonds. The van der Waals surface area contributed by atoms with Gasteiger partial charge in [0, 0.05) is 19.5 Å². The summed E-state index contributed by atoms with van der Waals surface area (Å²) >= 11 is 0. The number of terminal acetylenes is 1. The molecular formula is C14H21NO4. The summed E-state index contributed by atoms with van der Waals surface area (Å²) in [5, 5.41) is 0. The third-order valence-corrected chi connectivity index (χ3v) is 2.15. The van der Waals surface area contributed by atoms with Crippen LogP contribution in [-0.2, 0) is 19.1 Å². The maximum Gasteiger partial charge on any atom is 0.308 e. The number of rotatable bonds is 6. The molecule has 0 aliphatic heterocycles. The van der Waals surface area contributed by atoms with Gasteiger partial charge in [-0.2, -0.15) is 0 Å². The fourth-order valence-electron chi connectivity index (χ4n) is 1.32. The van der Waals surface area contributed by atoms with Gasteiger partial charge in [0.15, 0.2) is 0 Å². The lowest BCUT2D eigenvalue weighted by Gasteiger charge is -2.22. The number of Topliss-reactive ketones (excluding diaryl/α,β-unsaturated/α-hetero) is 1. The maximum absolute atomic E-state index is 11.5. The Kier molecular flexibility index (Phi) is 6.84. The Morgan fingerprint density at radius 1 is 1.16 bits per heavy atom. The van der Waals surface area contributed by atoms with E-state index in [9.17, 15) is 14.4 Å². The van der Waals surface area contributed by atoms with E-state index in [0.29, 0.717) is 0 Å². The van der Waals surface area contributed by atoms with E-state index in [1.807, 2.05) is 5.92 Å². The summed E-state index contributed by atoms with van der Waals surface area (Å²) in [6.07, 6.45) is 5.33. The van der Waals surface area contributed by atoms with E-state index in [1.54, 1.807) is 20.8 Å². The lowest BCUT2D eigenvalue weighted by atomic mass is 10.2. The van der Waals surface area contributed by atoms with Crippen molar-refractivity contribution in [3.05, 3.63) is 0 Å². The molecule has 19 heavy (non-hydrogen) atoms. The van der Waals surface area contributed by atoms with E-state index in [0.717, 1.165) is 0 Å². The van der Waals surface area contributed by atoms with Crippen LogP contribution in [0, 0.1) is 12.3 Å². The van der Waals surface area contributed by atoms with Gasteiger partial charge in [-0.05, 0) is 33.6 Å². The number of nitrogens with zero attached hydrogens (tertiary/aromatic N) is 1. The summed E-state index contributed by atoms with van der Waals surface area (Å²) in [5.41, 5.74) is -0.558. The molecule has 0 aromatic rings. The molecule has 0 saturated carbocycles. The summed E-state index contributed by atoms with van der Waals surface area (Å²) in [6, 6.07) is 0. The number of ketones is 1. The molecule has 0 saturated heterocycles. The number of ether oxygens (including phenoxy) is 1. The topological polar surface area (TPSA) is 63.7 Å². The van der Waals surface area contributed by atoms with Gasteiger partial charge in [0.25, 0.3) is 5.91 Å². The van der Waals surface area contributed by atoms with Crippen LogP contribution in [0.2, 0.25) is 0 Å². The minimum atomic E-state index is -0.558. The highest BCUT2D eigenvalue weighted by Gasteiger charge is 2.18. The summed E-state index contributed by atoms with van der Waals surface area (Å²) in [4.78, 5) is 35.2. The fraction of sp³-hybridized carbons (Fsp3) is 0.643. The van der Waals surface area contributed by atoms with Crippen LogP contribution in [0.3, 0.4) is 0 Å². The van der Waals surface area contributed by atoms with Crippen molar-refractivity contribution < 1.29 is 19.1 Å². The summed E-state index contributed by atoms with van der Waals surface area (Å²) < 4.78 is 5.13. The standard InChI is InChI=1S/C14H21NO4/c1-6-12(17)15(9-7-11(2)16)10-8-13(18)19-14(3,4)5/h1H,7-10H2,2-5H3. The Morgan fingerprint density at radius 2 is 1.68 bits per heavy atom. The van der Waals surface area contributed by atoms with Crippen LogP contribution >= 0.6 is 0 Å². The molecule has 0 aliphatic carbocycles. The first-order valence-corrected chi connectivity index (χ1v) is 6.12. The van der Waals surface area contributed by atoms with E-state index < -0.39 is 17.5 Å². The van der Waals surface area contributed by atoms with Gasteiger partial charge in [-0.25, -0.2) is 0 Å². The number of carbonyl (C=O) groups excluding carboxylic acids is 3. The zero-order valence-corrected chi connectivity index (χ0v) is 12.0. The Hall–Kier alpha value is -1.83. The van der Waals surface area contributed by atoms with Gasteiger partial charge in [0.2, 0.25) is 0 Å². The van der Waals surface area contributed by atoms with Crippen LogP contribution in [0.1, 0.15) is 40.5 Å². The number of carbonyl (C=O) groups is 3. The van der Waals surface area contributed by atoms with Gasteiger partial charge in [-0.1, -0.05) is 0 Å². The van der Waals surface area contributed by atoms with Crippen molar-refractivity contribution in [1.82, 2.24) is 4.90 Å². The van der Waals surface area contributed by atoms with E-state index in [-0.39, 0.29) is 31.7 Å². The summed E-state index contributed by atoms with van der Waals surface area (Å²) in [5.74, 6) is 1.03. The van der Waals surface area contributed by atoms with Gasteiger partial charge in [-0.3, -0.25) is 14.4 Å². The van der Waals surface area contributed by atoms with Crippen LogP contribution in [0.5, 0.6) is 0 Å². The Bertz CT molecular complexity index is 387. The van der Waals surface area contributed by atoms with Crippen molar-refractivity contribution in [1.29, 1.82) is 0 Å². The van der Waals surface area contributed by atoms with Crippen LogP contribution in [-0.4, -0.2) is 41.3 Å². The minimum absolute atomic E-state index is 0.0351. The third kappa shape index (κ3) is 8.83. The predicted octanol–water partition coefficient (Wildman–Crippen LogP) is 1.16. The predicted molar refractivity (Wildman–Crippen MR) is 71.2 cm³/mol. The zero-order valence-electron chi connectivity index (χ0n) is 12.0. The molecular weight excluding hydrogens is 246 g/mol. The molecule has 0 spiro atoms. The first-order chi connectivity index (χ1) is 8.65. The van der Waals surface area contributed by atoms with E-state index >= 15 is 0 Å². The maximum atomic E-state index is 11.5. The first-order valence-electron chi connectivity index (χ1n) is 6.12. The van der Waals surface area contributed by atoms with E-state index in [2.05, 4.69) is 0 Å². The SMILES string of the molecule is C#CC(=O)N(CCC(C)=O)CCC(=O)OC(C)(C)C. The molecule has 5 nitrogen and oxygen atoms in total. The highest BCUT2D eigenvalue weighted by Crippen LogP contribution is 2.08. The number of amides is 1. The second kappa shape index (κ2) is 7.57. The highest BCUT2D eigenvalue weighted by atomic mass is 16.6. The number of esters is 1. The first kappa shape index (κ1) is 17.2. The molecule has 0 aromatic carbocycles. The molecule has 0 heterocycles. The van der Waals surface area contributed by atoms with Gasteiger partial charge < -0.3 is 9.64 Å². The molecule has 0 rings (SSSR count). The number of hydrogen-bond donors (Lipinski definition) is 0. The molecule has 0 aliphatic rings. The quantitative estimate of drug-likeness (QED) is 0.535. The molecule has 0 bridgehead atoms. The highest BCUT2D eigenvalue weighted by molar-refractivity contribution is 5.93. The molecule has 0 unspecified atom stereocenters. The Balaban J connectivity index is 4.34. The molecule has 0 radical (unpaired) electrons. The molecule has 5 heteroatoms. The second-order valence-electron chi connectivity index (χ2n) is 5.22. The van der Waals surface area contributed by atoms with Gasteiger partial charge in [0.05, 0.1) is 6.42 Å². The molecule has 0 atom stereocenters. The minimum Gasteiger partial charge on any atom is -0.460 e. The van der Waals surface area contributed by atoms with E-state index in [1.165, 1.54) is 11.8 Å². The average molecular weight is 267 g/mol.